The Balaban J connectivity index is 2.67. The molecule has 0 saturated heterocycles. The van der Waals surface area contributed by atoms with E-state index in [-0.39, 0.29) is 12.4 Å². The van der Waals surface area contributed by atoms with Gasteiger partial charge in [0.25, 0.3) is 0 Å². The van der Waals surface area contributed by atoms with Gasteiger partial charge in [-0.15, -0.1) is 16.5 Å². The molecule has 0 fully saturated rings. The monoisotopic (exact) mass is 252 g/mol. The van der Waals surface area contributed by atoms with Crippen LogP contribution < -0.4 is 5.32 Å². The van der Waals surface area contributed by atoms with Gasteiger partial charge < -0.3 is 5.32 Å². The van der Waals surface area contributed by atoms with Crippen LogP contribution in [0.1, 0.15) is 5.56 Å². The van der Waals surface area contributed by atoms with E-state index in [2.05, 4.69) is 10.6 Å². The number of nitroso groups, excluding NO2 is 1. The van der Waals surface area contributed by atoms with Crippen molar-refractivity contribution in [3.63, 3.8) is 0 Å². The van der Waals surface area contributed by atoms with Crippen LogP contribution >= 0.6 is 11.6 Å². The van der Waals surface area contributed by atoms with Gasteiger partial charge in [-0.2, -0.15) is 10.3 Å². The third kappa shape index (κ3) is 3.74. The second-order valence-corrected chi connectivity index (χ2v) is 3.39. The number of amides is 2. The van der Waals surface area contributed by atoms with Crippen molar-refractivity contribution in [3.8, 4) is 6.07 Å². The van der Waals surface area contributed by atoms with Gasteiger partial charge in [-0.05, 0) is 24.3 Å². The van der Waals surface area contributed by atoms with Crippen LogP contribution in [0.5, 0.6) is 0 Å². The molecule has 1 aromatic carbocycles. The Bertz CT molecular complexity index is 441. The molecule has 0 aliphatic heterocycles. The summed E-state index contributed by atoms with van der Waals surface area (Å²) in [5, 5.41) is 14.3. The first-order valence-corrected chi connectivity index (χ1v) is 5.22. The number of alkyl halides is 1. The molecule has 0 spiro atoms. The molecular weight excluding hydrogens is 244 g/mol. The number of nitrogens with one attached hydrogen (secondary N) is 1. The molecule has 0 heterocycles. The summed E-state index contributed by atoms with van der Waals surface area (Å²) < 4.78 is 0. The minimum atomic E-state index is -0.662. The topological polar surface area (TPSA) is 85.6 Å². The number of carbonyl (C=O) groups excluding carboxylic acids is 1. The molecule has 7 heteroatoms. The van der Waals surface area contributed by atoms with Crippen molar-refractivity contribution in [2.45, 2.75) is 0 Å². The highest BCUT2D eigenvalue weighted by molar-refractivity contribution is 6.18. The minimum Gasteiger partial charge on any atom is -0.306 e. The van der Waals surface area contributed by atoms with Crippen molar-refractivity contribution in [3.05, 3.63) is 34.7 Å². The summed E-state index contributed by atoms with van der Waals surface area (Å²) in [6.45, 7) is 0.0349. The lowest BCUT2D eigenvalue weighted by atomic mass is 10.2. The van der Waals surface area contributed by atoms with Gasteiger partial charge in [-0.3, -0.25) is 0 Å². The maximum Gasteiger partial charge on any atom is 0.344 e. The van der Waals surface area contributed by atoms with Crippen LogP contribution in [-0.2, 0) is 0 Å². The Morgan fingerprint density at radius 2 is 2.12 bits per heavy atom. The van der Waals surface area contributed by atoms with E-state index in [9.17, 15) is 9.70 Å². The third-order valence-electron chi connectivity index (χ3n) is 1.89. The third-order valence-corrected chi connectivity index (χ3v) is 2.06. The summed E-state index contributed by atoms with van der Waals surface area (Å²) in [7, 11) is 0. The Morgan fingerprint density at radius 3 is 2.59 bits per heavy atom. The average molecular weight is 253 g/mol. The maximum absolute atomic E-state index is 11.5. The number of hydrogen-bond donors (Lipinski definition) is 1. The zero-order chi connectivity index (χ0) is 12.7. The SMILES string of the molecule is N#Cc1ccc(NC(=O)N(CCCl)N=O)cc1. The maximum atomic E-state index is 11.5. The Hall–Kier alpha value is -2.13. The summed E-state index contributed by atoms with van der Waals surface area (Å²) in [5.41, 5.74) is 0.950. The molecule has 0 bridgehead atoms. The standard InChI is InChI=1S/C10H9ClN4O2/c11-5-6-15(14-17)10(16)13-9-3-1-8(7-12)2-4-9/h1-4H,5-6H2,(H,13,16). The summed E-state index contributed by atoms with van der Waals surface area (Å²) in [4.78, 5) is 21.8. The van der Waals surface area contributed by atoms with Crippen molar-refractivity contribution in [2.75, 3.05) is 17.7 Å². The summed E-state index contributed by atoms with van der Waals surface area (Å²) in [6, 6.07) is 7.51. The van der Waals surface area contributed by atoms with Crippen molar-refractivity contribution < 1.29 is 4.79 Å². The van der Waals surface area contributed by atoms with Gasteiger partial charge in [0.05, 0.1) is 23.5 Å². The van der Waals surface area contributed by atoms with Crippen molar-refractivity contribution >= 4 is 23.3 Å². The van der Waals surface area contributed by atoms with Crippen LogP contribution in [0.15, 0.2) is 29.6 Å². The number of urea groups is 1. The number of carbonyl (C=O) groups is 1. The number of benzene rings is 1. The molecule has 1 N–H and O–H groups in total. The lowest BCUT2D eigenvalue weighted by molar-refractivity contribution is 0.216. The number of nitriles is 1. The predicted molar refractivity (Wildman–Crippen MR) is 63.4 cm³/mol. The summed E-state index contributed by atoms with van der Waals surface area (Å²) in [5.74, 6) is 0.118. The summed E-state index contributed by atoms with van der Waals surface area (Å²) in [6.07, 6.45) is 0. The lowest BCUT2D eigenvalue weighted by Gasteiger charge is -2.12. The van der Waals surface area contributed by atoms with Crippen LogP contribution in [0, 0.1) is 16.2 Å². The molecule has 0 aliphatic carbocycles. The Morgan fingerprint density at radius 1 is 1.47 bits per heavy atom. The first-order chi connectivity index (χ1) is 8.21. The molecule has 2 amide bonds. The fourth-order valence-corrected chi connectivity index (χ4v) is 1.24. The Labute approximate surface area is 103 Å². The first kappa shape index (κ1) is 12.9. The van der Waals surface area contributed by atoms with Crippen molar-refractivity contribution in [1.29, 1.82) is 5.26 Å². The fourth-order valence-electron chi connectivity index (χ4n) is 1.08. The van der Waals surface area contributed by atoms with E-state index in [0.29, 0.717) is 16.3 Å². The van der Waals surface area contributed by atoms with E-state index in [4.69, 9.17) is 16.9 Å². The van der Waals surface area contributed by atoms with Crippen molar-refractivity contribution in [2.24, 2.45) is 5.29 Å². The molecule has 0 unspecified atom stereocenters. The number of anilines is 1. The molecule has 1 rings (SSSR count). The van der Waals surface area contributed by atoms with Crippen LogP contribution in [0.3, 0.4) is 0 Å². The van der Waals surface area contributed by atoms with Crippen LogP contribution in [0.2, 0.25) is 0 Å². The highest BCUT2D eigenvalue weighted by Crippen LogP contribution is 2.09. The van der Waals surface area contributed by atoms with Crippen LogP contribution in [0.25, 0.3) is 0 Å². The van der Waals surface area contributed by atoms with Gasteiger partial charge in [0.1, 0.15) is 0 Å². The molecule has 6 nitrogen and oxygen atoms in total. The second-order valence-electron chi connectivity index (χ2n) is 3.01. The minimum absolute atomic E-state index is 0.0349. The normalized spacial score (nSPS) is 9.18. The molecule has 17 heavy (non-hydrogen) atoms. The number of hydrogen-bond acceptors (Lipinski definition) is 4. The van der Waals surface area contributed by atoms with Gasteiger partial charge in [-0.25, -0.2) is 4.79 Å². The van der Waals surface area contributed by atoms with E-state index in [0.717, 1.165) is 0 Å². The molecule has 0 radical (unpaired) electrons. The van der Waals surface area contributed by atoms with E-state index in [1.807, 2.05) is 6.07 Å². The van der Waals surface area contributed by atoms with E-state index < -0.39 is 6.03 Å². The zero-order valence-electron chi connectivity index (χ0n) is 8.76. The van der Waals surface area contributed by atoms with E-state index >= 15 is 0 Å². The zero-order valence-corrected chi connectivity index (χ0v) is 9.52. The number of rotatable bonds is 4. The van der Waals surface area contributed by atoms with Gasteiger partial charge in [0.2, 0.25) is 0 Å². The lowest BCUT2D eigenvalue weighted by Crippen LogP contribution is -2.31. The first-order valence-electron chi connectivity index (χ1n) is 4.69. The molecule has 0 aliphatic rings. The summed E-state index contributed by atoms with van der Waals surface area (Å²) >= 11 is 5.41. The van der Waals surface area contributed by atoms with E-state index in [1.165, 1.54) is 0 Å². The fraction of sp³-hybridized carbons (Fsp3) is 0.200. The average Bonchev–Trinajstić information content (AvgIpc) is 2.36. The number of nitrogens with zero attached hydrogens (tertiary/aromatic N) is 3. The van der Waals surface area contributed by atoms with Crippen LogP contribution in [-0.4, -0.2) is 23.5 Å². The van der Waals surface area contributed by atoms with Gasteiger partial charge in [-0.1, -0.05) is 0 Å². The number of halogens is 1. The quantitative estimate of drug-likeness (QED) is 0.507. The van der Waals surface area contributed by atoms with Gasteiger partial charge >= 0.3 is 6.03 Å². The van der Waals surface area contributed by atoms with E-state index in [1.54, 1.807) is 24.3 Å². The predicted octanol–water partition coefficient (Wildman–Crippen LogP) is 2.31. The molecular formula is C10H9ClN4O2. The highest BCUT2D eigenvalue weighted by Gasteiger charge is 2.13. The largest absolute Gasteiger partial charge is 0.344 e. The molecule has 0 atom stereocenters. The van der Waals surface area contributed by atoms with Gasteiger partial charge in [0.15, 0.2) is 0 Å². The van der Waals surface area contributed by atoms with Gasteiger partial charge in [0, 0.05) is 11.6 Å². The van der Waals surface area contributed by atoms with Crippen molar-refractivity contribution in [1.82, 2.24) is 5.01 Å². The Kier molecular flexibility index (Phi) is 4.91. The molecule has 0 aromatic heterocycles. The molecule has 0 saturated carbocycles. The second kappa shape index (κ2) is 6.45. The molecule has 88 valence electrons. The van der Waals surface area contributed by atoms with Crippen LogP contribution in [0.4, 0.5) is 10.5 Å². The highest BCUT2D eigenvalue weighted by atomic mass is 35.5. The smallest absolute Gasteiger partial charge is 0.306 e. The molecule has 1 aromatic rings.